The van der Waals surface area contributed by atoms with E-state index in [1.54, 1.807) is 10.9 Å². The minimum atomic E-state index is -0.928. The summed E-state index contributed by atoms with van der Waals surface area (Å²) in [6.45, 7) is 7.35. The summed E-state index contributed by atoms with van der Waals surface area (Å²) < 4.78 is 7.01. The summed E-state index contributed by atoms with van der Waals surface area (Å²) in [5, 5.41) is 11.9. The van der Waals surface area contributed by atoms with Gasteiger partial charge in [-0.25, -0.2) is 0 Å². The van der Waals surface area contributed by atoms with Crippen molar-refractivity contribution >= 4 is 40.9 Å². The third-order valence-corrected chi connectivity index (χ3v) is 5.91. The lowest BCUT2D eigenvalue weighted by Gasteiger charge is -2.15. The van der Waals surface area contributed by atoms with E-state index < -0.39 is 12.1 Å². The number of rotatable bonds is 7. The Hall–Kier alpha value is -2.84. The van der Waals surface area contributed by atoms with Crippen LogP contribution in [0, 0.1) is 20.8 Å². The van der Waals surface area contributed by atoms with E-state index in [-0.39, 0.29) is 11.7 Å². The quantitative estimate of drug-likeness (QED) is 0.414. The first kappa shape index (κ1) is 22.8. The second-order valence-electron chi connectivity index (χ2n) is 7.15. The molecule has 7 nitrogen and oxygen atoms in total. The van der Waals surface area contributed by atoms with Crippen molar-refractivity contribution in [2.75, 3.05) is 11.1 Å². The Morgan fingerprint density at radius 2 is 1.94 bits per heavy atom. The van der Waals surface area contributed by atoms with Crippen LogP contribution in [-0.2, 0) is 14.3 Å². The molecule has 3 aromatic rings. The molecule has 1 aromatic heterocycles. The van der Waals surface area contributed by atoms with Crippen LogP contribution in [0.25, 0.3) is 5.69 Å². The van der Waals surface area contributed by atoms with Crippen molar-refractivity contribution in [1.82, 2.24) is 14.8 Å². The highest BCUT2D eigenvalue weighted by atomic mass is 35.5. The highest BCUT2D eigenvalue weighted by Crippen LogP contribution is 2.24. The predicted octanol–water partition coefficient (Wildman–Crippen LogP) is 4.51. The average molecular weight is 459 g/mol. The molecule has 0 aliphatic rings. The number of hydrogen-bond donors (Lipinski definition) is 1. The Morgan fingerprint density at radius 1 is 1.16 bits per heavy atom. The van der Waals surface area contributed by atoms with Crippen molar-refractivity contribution in [3.63, 3.8) is 0 Å². The Kier molecular flexibility index (Phi) is 7.35. The molecule has 2 aromatic carbocycles. The van der Waals surface area contributed by atoms with Gasteiger partial charge in [-0.2, -0.15) is 0 Å². The van der Waals surface area contributed by atoms with Crippen LogP contribution < -0.4 is 5.32 Å². The maximum Gasteiger partial charge on any atom is 0.317 e. The third kappa shape index (κ3) is 5.86. The first-order valence-electron chi connectivity index (χ1n) is 9.61. The van der Waals surface area contributed by atoms with Crippen LogP contribution in [0.1, 0.15) is 23.6 Å². The Labute approximate surface area is 190 Å². The predicted molar refractivity (Wildman–Crippen MR) is 122 cm³/mol. The third-order valence-electron chi connectivity index (χ3n) is 4.59. The maximum absolute atomic E-state index is 12.4. The summed E-state index contributed by atoms with van der Waals surface area (Å²) >= 11 is 7.37. The molecule has 1 unspecified atom stereocenters. The molecule has 0 aliphatic carbocycles. The van der Waals surface area contributed by atoms with Gasteiger partial charge < -0.3 is 10.1 Å². The van der Waals surface area contributed by atoms with Crippen LogP contribution in [0.15, 0.2) is 47.9 Å². The van der Waals surface area contributed by atoms with E-state index in [0.717, 1.165) is 22.4 Å². The number of aryl methyl sites for hydroxylation is 3. The van der Waals surface area contributed by atoms with Crippen LogP contribution in [0.3, 0.4) is 0 Å². The smallest absolute Gasteiger partial charge is 0.317 e. The van der Waals surface area contributed by atoms with E-state index in [1.807, 2.05) is 57.2 Å². The lowest BCUT2D eigenvalue weighted by atomic mass is 10.1. The number of esters is 1. The van der Waals surface area contributed by atoms with Gasteiger partial charge in [-0.05, 0) is 57.0 Å². The number of hydrogen-bond acceptors (Lipinski definition) is 6. The second kappa shape index (κ2) is 9.98. The molecular weight excluding hydrogens is 436 g/mol. The van der Waals surface area contributed by atoms with Crippen LogP contribution in [-0.4, -0.2) is 38.5 Å². The number of carbonyl (C=O) groups excluding carboxylic acids is 2. The molecule has 0 bridgehead atoms. The van der Waals surface area contributed by atoms with Crippen LogP contribution in [0.2, 0.25) is 5.02 Å². The van der Waals surface area contributed by atoms with E-state index in [2.05, 4.69) is 15.5 Å². The van der Waals surface area contributed by atoms with Crippen molar-refractivity contribution in [3.05, 3.63) is 64.4 Å². The van der Waals surface area contributed by atoms with Crippen molar-refractivity contribution in [1.29, 1.82) is 0 Å². The van der Waals surface area contributed by atoms with E-state index in [9.17, 15) is 9.59 Å². The normalized spacial score (nSPS) is 11.8. The van der Waals surface area contributed by atoms with E-state index in [1.165, 1.54) is 18.7 Å². The van der Waals surface area contributed by atoms with Gasteiger partial charge in [0.2, 0.25) is 0 Å². The highest BCUT2D eigenvalue weighted by Gasteiger charge is 2.19. The monoisotopic (exact) mass is 458 g/mol. The lowest BCUT2D eigenvalue weighted by molar-refractivity contribution is -0.150. The molecule has 9 heteroatoms. The van der Waals surface area contributed by atoms with Crippen LogP contribution in [0.5, 0.6) is 0 Å². The van der Waals surface area contributed by atoms with Gasteiger partial charge in [0.1, 0.15) is 6.33 Å². The number of aromatic nitrogens is 3. The largest absolute Gasteiger partial charge is 0.452 e. The Balaban J connectivity index is 1.56. The molecule has 1 atom stereocenters. The number of nitrogens with one attached hydrogen (secondary N) is 1. The zero-order valence-electron chi connectivity index (χ0n) is 17.7. The summed E-state index contributed by atoms with van der Waals surface area (Å²) in [6, 6.07) is 11.3. The summed E-state index contributed by atoms with van der Waals surface area (Å²) in [5.41, 5.74) is 4.49. The van der Waals surface area contributed by atoms with E-state index in [4.69, 9.17) is 16.3 Å². The molecule has 1 heterocycles. The van der Waals surface area contributed by atoms with Gasteiger partial charge in [0, 0.05) is 10.7 Å². The minimum absolute atomic E-state index is 0.0144. The topological polar surface area (TPSA) is 86.1 Å². The Morgan fingerprint density at radius 3 is 2.65 bits per heavy atom. The van der Waals surface area contributed by atoms with Crippen molar-refractivity contribution < 1.29 is 14.3 Å². The number of halogens is 1. The fraction of sp³-hybridized carbons (Fsp3) is 0.273. The highest BCUT2D eigenvalue weighted by molar-refractivity contribution is 7.99. The summed E-state index contributed by atoms with van der Waals surface area (Å²) in [7, 11) is 0. The van der Waals surface area contributed by atoms with Gasteiger partial charge in [-0.15, -0.1) is 10.2 Å². The molecule has 162 valence electrons. The molecule has 1 amide bonds. The average Bonchev–Trinajstić information content (AvgIpc) is 3.19. The van der Waals surface area contributed by atoms with Gasteiger partial charge in [0.05, 0.1) is 11.4 Å². The lowest BCUT2D eigenvalue weighted by Crippen LogP contribution is -2.30. The zero-order chi connectivity index (χ0) is 22.5. The van der Waals surface area contributed by atoms with Gasteiger partial charge in [-0.3, -0.25) is 14.2 Å². The van der Waals surface area contributed by atoms with E-state index >= 15 is 0 Å². The molecule has 1 N–H and O–H groups in total. The number of amides is 1. The number of thioether (sulfide) groups is 1. The summed E-state index contributed by atoms with van der Waals surface area (Å²) in [5.74, 6) is -0.924. The maximum atomic E-state index is 12.4. The molecule has 3 rings (SSSR count). The standard InChI is InChI=1S/C22H23ClN4O3S/c1-13-5-8-19(15(3)9-13)25-21(29)16(4)30-20(28)11-31-22-26-24-12-27(22)17-7-6-14(2)18(23)10-17/h5-10,12,16H,11H2,1-4H3,(H,25,29). The minimum Gasteiger partial charge on any atom is -0.452 e. The van der Waals surface area contributed by atoms with Crippen molar-refractivity contribution in [2.45, 2.75) is 39.0 Å². The molecule has 0 fully saturated rings. The van der Waals surface area contributed by atoms with Crippen LogP contribution >= 0.6 is 23.4 Å². The van der Waals surface area contributed by atoms with Gasteiger partial charge in [0.15, 0.2) is 11.3 Å². The molecule has 0 radical (unpaired) electrons. The first-order valence-corrected chi connectivity index (χ1v) is 11.0. The fourth-order valence-electron chi connectivity index (χ4n) is 2.83. The number of anilines is 1. The number of ether oxygens (including phenoxy) is 1. The molecule has 0 saturated heterocycles. The number of carbonyl (C=O) groups is 2. The van der Waals surface area contributed by atoms with Gasteiger partial charge in [0.25, 0.3) is 5.91 Å². The molecule has 0 aliphatic heterocycles. The SMILES string of the molecule is Cc1ccc(NC(=O)C(C)OC(=O)CSc2nncn2-c2ccc(C)c(Cl)c2)c(C)c1. The summed E-state index contributed by atoms with van der Waals surface area (Å²) in [4.78, 5) is 24.6. The molecule has 0 spiro atoms. The summed E-state index contributed by atoms with van der Waals surface area (Å²) in [6.07, 6.45) is 0.622. The second-order valence-corrected chi connectivity index (χ2v) is 8.50. The molecule has 0 saturated carbocycles. The van der Waals surface area contributed by atoms with Crippen LogP contribution in [0.4, 0.5) is 5.69 Å². The fourth-order valence-corrected chi connectivity index (χ4v) is 3.71. The van der Waals surface area contributed by atoms with E-state index in [0.29, 0.717) is 15.9 Å². The van der Waals surface area contributed by atoms with Crippen molar-refractivity contribution in [3.8, 4) is 5.69 Å². The van der Waals surface area contributed by atoms with Gasteiger partial charge in [-0.1, -0.05) is 47.1 Å². The van der Waals surface area contributed by atoms with Gasteiger partial charge >= 0.3 is 5.97 Å². The number of nitrogens with zero attached hydrogens (tertiary/aromatic N) is 3. The van der Waals surface area contributed by atoms with Crippen molar-refractivity contribution in [2.24, 2.45) is 0 Å². The molecule has 31 heavy (non-hydrogen) atoms. The molecular formula is C22H23ClN4O3S. The zero-order valence-corrected chi connectivity index (χ0v) is 19.3. The number of benzene rings is 2. The first-order chi connectivity index (χ1) is 14.7. The Bertz CT molecular complexity index is 1120.